The maximum Gasteiger partial charge on any atom is 0.255 e. The van der Waals surface area contributed by atoms with Crippen molar-refractivity contribution in [2.75, 3.05) is 13.1 Å². The molecule has 1 aliphatic heterocycles. The van der Waals surface area contributed by atoms with Gasteiger partial charge in [-0.25, -0.2) is 0 Å². The number of primary amides is 1. The molecule has 0 radical (unpaired) electrons. The number of nitrogens with zero attached hydrogens (tertiary/aromatic N) is 1. The molecule has 5 rings (SSSR count). The lowest BCUT2D eigenvalue weighted by atomic mass is 9.59. The summed E-state index contributed by atoms with van der Waals surface area (Å²) < 4.78 is 0. The van der Waals surface area contributed by atoms with Gasteiger partial charge in [0.15, 0.2) is 11.4 Å². The first-order valence-electron chi connectivity index (χ1n) is 10.9. The molecule has 0 aromatic heterocycles. The van der Waals surface area contributed by atoms with Crippen LogP contribution < -0.4 is 5.73 Å². The van der Waals surface area contributed by atoms with Gasteiger partial charge in [0.05, 0.1) is 5.56 Å². The number of hydrogen-bond acceptors (Lipinski definition) is 8. The van der Waals surface area contributed by atoms with Gasteiger partial charge in [-0.3, -0.25) is 19.3 Å². The van der Waals surface area contributed by atoms with Crippen LogP contribution in [0.4, 0.5) is 0 Å². The number of aromatic hydroxyl groups is 1. The number of aliphatic hydroxyl groups excluding tert-OH is 2. The predicted molar refractivity (Wildman–Crippen MR) is 121 cm³/mol. The maximum absolute atomic E-state index is 13.5. The first-order chi connectivity index (χ1) is 16.1. The van der Waals surface area contributed by atoms with E-state index in [-0.39, 0.29) is 36.1 Å². The van der Waals surface area contributed by atoms with E-state index in [1.165, 1.54) is 0 Å². The van der Waals surface area contributed by atoms with E-state index in [1.54, 1.807) is 6.07 Å². The fraction of sp³-hybridized carbons (Fsp3) is 0.375. The summed E-state index contributed by atoms with van der Waals surface area (Å²) in [7, 11) is 0. The van der Waals surface area contributed by atoms with Crippen molar-refractivity contribution in [3.05, 3.63) is 56.8 Å². The molecule has 1 aromatic carbocycles. The Morgan fingerprint density at radius 1 is 1.18 bits per heavy atom. The Bertz CT molecular complexity index is 1260. The quantitative estimate of drug-likeness (QED) is 0.317. The Morgan fingerprint density at radius 3 is 2.50 bits per heavy atom. The van der Waals surface area contributed by atoms with Gasteiger partial charge in [-0.05, 0) is 30.4 Å². The van der Waals surface area contributed by atoms with Crippen molar-refractivity contribution >= 4 is 34.8 Å². The number of hydrogen-bond donors (Lipinski definition) is 5. The minimum absolute atomic E-state index is 0.0155. The van der Waals surface area contributed by atoms with Gasteiger partial charge in [-0.15, -0.1) is 0 Å². The number of aliphatic hydroxyl groups is 3. The number of carbonyl (C=O) groups excluding carboxylic acids is 3. The van der Waals surface area contributed by atoms with Crippen LogP contribution in [0, 0.1) is 11.8 Å². The van der Waals surface area contributed by atoms with Crippen LogP contribution in [0.3, 0.4) is 0 Å². The Kier molecular flexibility index (Phi) is 5.12. The number of phenols is 1. The number of Topliss-reactive ketones (excluding diaryl/α,β-unsaturated/α-hetero) is 2. The standard InChI is InChI=1S/C24H23ClN2O7/c25-14-7-11(9-27-3-1-2-4-27)19(29)17-13(14)6-10-5-12-8-15(28)18(23(26)33)22(32)24(12,34)21(31)16(10)20(17)30/h1-2,7,10,12,29-30,32,34H,3-6,8-9H2,(H2,26,33). The molecule has 3 atom stereocenters. The molecule has 0 spiro atoms. The van der Waals surface area contributed by atoms with Gasteiger partial charge in [0.2, 0.25) is 5.78 Å². The third kappa shape index (κ3) is 3.04. The van der Waals surface area contributed by atoms with E-state index in [1.807, 2.05) is 17.1 Å². The number of amides is 1. The normalized spacial score (nSPS) is 28.8. The summed E-state index contributed by atoms with van der Waals surface area (Å²) in [5.74, 6) is -6.47. The van der Waals surface area contributed by atoms with Gasteiger partial charge in [0.1, 0.15) is 22.8 Å². The highest BCUT2D eigenvalue weighted by atomic mass is 35.5. The third-order valence-electron chi connectivity index (χ3n) is 7.38. The monoisotopic (exact) mass is 486 g/mol. The molecule has 178 valence electrons. The minimum Gasteiger partial charge on any atom is -0.508 e. The van der Waals surface area contributed by atoms with Crippen molar-refractivity contribution in [1.29, 1.82) is 0 Å². The largest absolute Gasteiger partial charge is 0.508 e. The van der Waals surface area contributed by atoms with Gasteiger partial charge in [0, 0.05) is 48.1 Å². The SMILES string of the molecule is NC(=O)C1=C(O)C2(O)C(=O)C3=C(O)c4c(O)c(CN5CC=CC5)cc(Cl)c4CC3CC2CC1=O. The minimum atomic E-state index is -2.58. The van der Waals surface area contributed by atoms with Crippen LogP contribution in [0.5, 0.6) is 5.75 Å². The topological polar surface area (TPSA) is 161 Å². The van der Waals surface area contributed by atoms with E-state index < -0.39 is 52.0 Å². The van der Waals surface area contributed by atoms with E-state index in [4.69, 9.17) is 17.3 Å². The van der Waals surface area contributed by atoms with E-state index in [0.717, 1.165) is 0 Å². The maximum atomic E-state index is 13.5. The smallest absolute Gasteiger partial charge is 0.255 e. The van der Waals surface area contributed by atoms with Crippen LogP contribution in [0.2, 0.25) is 5.02 Å². The number of fused-ring (bicyclic) bond motifs is 3. The molecule has 3 aliphatic carbocycles. The summed E-state index contributed by atoms with van der Waals surface area (Å²) in [5.41, 5.74) is 2.59. The molecule has 1 fully saturated rings. The van der Waals surface area contributed by atoms with Crippen molar-refractivity contribution in [3.63, 3.8) is 0 Å². The number of benzene rings is 1. The summed E-state index contributed by atoms with van der Waals surface area (Å²) in [4.78, 5) is 39.7. The third-order valence-corrected chi connectivity index (χ3v) is 7.71. The average Bonchev–Trinajstić information content (AvgIpc) is 3.27. The van der Waals surface area contributed by atoms with Crippen LogP contribution >= 0.6 is 11.6 Å². The molecule has 1 amide bonds. The first-order valence-corrected chi connectivity index (χ1v) is 11.3. The highest BCUT2D eigenvalue weighted by molar-refractivity contribution is 6.32. The molecule has 3 unspecified atom stereocenters. The van der Waals surface area contributed by atoms with Gasteiger partial charge >= 0.3 is 0 Å². The molecule has 1 heterocycles. The Balaban J connectivity index is 1.64. The van der Waals surface area contributed by atoms with Gasteiger partial charge < -0.3 is 26.2 Å². The van der Waals surface area contributed by atoms with E-state index in [2.05, 4.69) is 0 Å². The molecule has 4 aliphatic rings. The molecule has 10 heteroatoms. The van der Waals surface area contributed by atoms with Gasteiger partial charge in [-0.1, -0.05) is 23.8 Å². The molecule has 34 heavy (non-hydrogen) atoms. The number of rotatable bonds is 3. The van der Waals surface area contributed by atoms with E-state index >= 15 is 0 Å². The van der Waals surface area contributed by atoms with E-state index in [9.17, 15) is 34.8 Å². The van der Waals surface area contributed by atoms with Crippen LogP contribution in [-0.4, -0.2) is 61.5 Å². The molecule has 1 saturated carbocycles. The van der Waals surface area contributed by atoms with Crippen molar-refractivity contribution in [1.82, 2.24) is 4.90 Å². The molecule has 6 N–H and O–H groups in total. The lowest BCUT2D eigenvalue weighted by Gasteiger charge is -2.46. The lowest BCUT2D eigenvalue weighted by Crippen LogP contribution is -2.58. The number of phenolic OH excluding ortho intramolecular Hbond substituents is 1. The fourth-order valence-electron chi connectivity index (χ4n) is 5.71. The number of nitrogens with two attached hydrogens (primary N) is 1. The number of ketones is 2. The zero-order valence-electron chi connectivity index (χ0n) is 18.0. The Labute approximate surface area is 199 Å². The lowest BCUT2D eigenvalue weighted by molar-refractivity contribution is -0.147. The van der Waals surface area contributed by atoms with Gasteiger partial charge in [0.25, 0.3) is 5.91 Å². The molecular weight excluding hydrogens is 464 g/mol. The zero-order valence-corrected chi connectivity index (χ0v) is 18.8. The van der Waals surface area contributed by atoms with Crippen molar-refractivity contribution in [2.45, 2.75) is 31.4 Å². The summed E-state index contributed by atoms with van der Waals surface area (Å²) in [6.07, 6.45) is 3.89. The summed E-state index contributed by atoms with van der Waals surface area (Å²) >= 11 is 6.54. The van der Waals surface area contributed by atoms with Crippen LogP contribution in [0.15, 0.2) is 35.1 Å². The second-order valence-corrected chi connectivity index (χ2v) is 9.70. The second kappa shape index (κ2) is 7.69. The molecular formula is C24H23ClN2O7. The highest BCUT2D eigenvalue weighted by Gasteiger charge is 2.60. The van der Waals surface area contributed by atoms with Crippen LogP contribution in [0.25, 0.3) is 5.76 Å². The summed E-state index contributed by atoms with van der Waals surface area (Å²) in [6.45, 7) is 1.76. The molecule has 0 saturated heterocycles. The van der Waals surface area contributed by atoms with Crippen LogP contribution in [-0.2, 0) is 27.3 Å². The van der Waals surface area contributed by atoms with Gasteiger partial charge in [-0.2, -0.15) is 0 Å². The van der Waals surface area contributed by atoms with Crippen LogP contribution in [0.1, 0.15) is 29.5 Å². The molecule has 1 aromatic rings. The summed E-state index contributed by atoms with van der Waals surface area (Å²) in [6, 6.07) is 1.64. The highest BCUT2D eigenvalue weighted by Crippen LogP contribution is 2.53. The Hall–Kier alpha value is -3.14. The second-order valence-electron chi connectivity index (χ2n) is 9.29. The first kappa shape index (κ1) is 22.6. The van der Waals surface area contributed by atoms with Crippen molar-refractivity contribution in [2.24, 2.45) is 17.6 Å². The Morgan fingerprint density at radius 2 is 1.85 bits per heavy atom. The van der Waals surface area contributed by atoms with Crippen molar-refractivity contribution in [3.8, 4) is 5.75 Å². The zero-order chi connectivity index (χ0) is 24.5. The average molecular weight is 487 g/mol. The fourth-order valence-corrected chi connectivity index (χ4v) is 6.01. The van der Waals surface area contributed by atoms with Crippen molar-refractivity contribution < 1.29 is 34.8 Å². The molecule has 9 nitrogen and oxygen atoms in total. The van der Waals surface area contributed by atoms with E-state index in [0.29, 0.717) is 35.8 Å². The number of halogens is 1. The predicted octanol–water partition coefficient (Wildman–Crippen LogP) is 1.45. The summed E-state index contributed by atoms with van der Waals surface area (Å²) in [5, 5.41) is 44.4. The molecule has 0 bridgehead atoms. The number of carbonyl (C=O) groups is 3.